The van der Waals surface area contributed by atoms with Crippen LogP contribution in [-0.4, -0.2) is 26.7 Å². The summed E-state index contributed by atoms with van der Waals surface area (Å²) in [6.45, 7) is 5.14. The van der Waals surface area contributed by atoms with Crippen molar-refractivity contribution in [2.24, 2.45) is 5.92 Å². The fraction of sp³-hybridized carbons (Fsp3) is 0.500. The van der Waals surface area contributed by atoms with E-state index in [4.69, 9.17) is 0 Å². The highest BCUT2D eigenvalue weighted by molar-refractivity contribution is 9.10. The van der Waals surface area contributed by atoms with Gasteiger partial charge in [0.1, 0.15) is 0 Å². The van der Waals surface area contributed by atoms with Gasteiger partial charge < -0.3 is 10.6 Å². The molecule has 2 aromatic heterocycles. The van der Waals surface area contributed by atoms with Gasteiger partial charge >= 0.3 is 0 Å². The van der Waals surface area contributed by atoms with Crippen LogP contribution in [0, 0.1) is 5.92 Å². The molecule has 0 amide bonds. The van der Waals surface area contributed by atoms with E-state index < -0.39 is 0 Å². The molecule has 0 spiro atoms. The predicted molar refractivity (Wildman–Crippen MR) is 86.9 cm³/mol. The zero-order valence-corrected chi connectivity index (χ0v) is 13.7. The number of hydrogen-bond acceptors (Lipinski definition) is 5. The first-order chi connectivity index (χ1) is 10.1. The quantitative estimate of drug-likeness (QED) is 0.740. The summed E-state index contributed by atoms with van der Waals surface area (Å²) in [5, 5.41) is 13.8. The maximum absolute atomic E-state index is 4.48. The van der Waals surface area contributed by atoms with E-state index in [-0.39, 0.29) is 0 Å². The Morgan fingerprint density at radius 3 is 2.95 bits per heavy atom. The van der Waals surface area contributed by atoms with Crippen LogP contribution in [0.1, 0.15) is 38.3 Å². The summed E-state index contributed by atoms with van der Waals surface area (Å²) in [5.74, 6) is 3.31. The van der Waals surface area contributed by atoms with Crippen LogP contribution in [0.4, 0.5) is 17.6 Å². The van der Waals surface area contributed by atoms with Crippen LogP contribution in [0.2, 0.25) is 0 Å². The fourth-order valence-corrected chi connectivity index (χ4v) is 2.25. The largest absolute Gasteiger partial charge is 0.354 e. The molecule has 1 saturated carbocycles. The summed E-state index contributed by atoms with van der Waals surface area (Å²) in [6, 6.07) is 2.05. The number of anilines is 3. The second kappa shape index (κ2) is 6.01. The highest BCUT2D eigenvalue weighted by Crippen LogP contribution is 2.39. The van der Waals surface area contributed by atoms with Crippen molar-refractivity contribution in [3.8, 4) is 0 Å². The third-order valence-electron chi connectivity index (χ3n) is 3.27. The molecule has 0 saturated heterocycles. The summed E-state index contributed by atoms with van der Waals surface area (Å²) in [4.78, 5) is 8.73. The van der Waals surface area contributed by atoms with Crippen molar-refractivity contribution < 1.29 is 0 Å². The Labute approximate surface area is 132 Å². The van der Waals surface area contributed by atoms with Crippen LogP contribution in [-0.2, 0) is 0 Å². The van der Waals surface area contributed by atoms with Crippen LogP contribution in [0.3, 0.4) is 0 Å². The number of rotatable bonds is 6. The first-order valence-electron chi connectivity index (χ1n) is 7.20. The van der Waals surface area contributed by atoms with Crippen molar-refractivity contribution in [1.82, 2.24) is 20.2 Å². The molecule has 0 aliphatic heterocycles. The van der Waals surface area contributed by atoms with Gasteiger partial charge in [-0.3, -0.25) is 5.10 Å². The van der Waals surface area contributed by atoms with Crippen molar-refractivity contribution in [3.63, 3.8) is 0 Å². The second-order valence-electron chi connectivity index (χ2n) is 5.77. The number of halogens is 1. The van der Waals surface area contributed by atoms with E-state index in [1.165, 1.54) is 18.5 Å². The Bertz CT molecular complexity index is 620. The average molecular weight is 351 g/mol. The lowest BCUT2D eigenvalue weighted by Crippen LogP contribution is -2.11. The molecule has 0 bridgehead atoms. The number of nitrogens with one attached hydrogen (secondary N) is 3. The van der Waals surface area contributed by atoms with Crippen LogP contribution in [0.5, 0.6) is 0 Å². The molecule has 3 rings (SSSR count). The minimum Gasteiger partial charge on any atom is -0.354 e. The lowest BCUT2D eigenvalue weighted by molar-refractivity contribution is 0.684. The minimum absolute atomic E-state index is 0.543. The monoisotopic (exact) mass is 350 g/mol. The van der Waals surface area contributed by atoms with Gasteiger partial charge in [-0.1, -0.05) is 13.8 Å². The van der Waals surface area contributed by atoms with Crippen molar-refractivity contribution in [3.05, 3.63) is 22.4 Å². The molecule has 6 nitrogen and oxygen atoms in total. The molecule has 0 atom stereocenters. The van der Waals surface area contributed by atoms with Gasteiger partial charge in [-0.05, 0) is 34.7 Å². The number of aromatic nitrogens is 4. The van der Waals surface area contributed by atoms with E-state index in [1.54, 1.807) is 6.20 Å². The van der Waals surface area contributed by atoms with Gasteiger partial charge in [0.2, 0.25) is 5.95 Å². The van der Waals surface area contributed by atoms with Gasteiger partial charge in [0, 0.05) is 30.4 Å². The predicted octanol–water partition coefficient (Wildman–Crippen LogP) is 3.65. The molecule has 0 aromatic carbocycles. The Morgan fingerprint density at radius 2 is 2.24 bits per heavy atom. The first kappa shape index (κ1) is 14.3. The number of hydrogen-bond donors (Lipinski definition) is 3. The lowest BCUT2D eigenvalue weighted by Gasteiger charge is -2.10. The summed E-state index contributed by atoms with van der Waals surface area (Å²) < 4.78 is 0.813. The van der Waals surface area contributed by atoms with Crippen molar-refractivity contribution in [2.75, 3.05) is 17.2 Å². The zero-order chi connectivity index (χ0) is 14.8. The standard InChI is InChI=1S/C14H19BrN6/c1-8(2)6-16-14-17-7-10(15)13(19-14)18-12-5-11(20-21-12)9-3-4-9/h5,7-9H,3-4,6H2,1-2H3,(H3,16,17,18,19,20,21). The molecule has 1 aliphatic rings. The van der Waals surface area contributed by atoms with Crippen molar-refractivity contribution in [2.45, 2.75) is 32.6 Å². The smallest absolute Gasteiger partial charge is 0.224 e. The molecule has 7 heteroatoms. The van der Waals surface area contributed by atoms with Crippen LogP contribution in [0.15, 0.2) is 16.7 Å². The maximum atomic E-state index is 4.48. The van der Waals surface area contributed by atoms with E-state index in [0.29, 0.717) is 23.6 Å². The van der Waals surface area contributed by atoms with Gasteiger partial charge in [-0.15, -0.1) is 0 Å². The normalized spacial score (nSPS) is 14.5. The lowest BCUT2D eigenvalue weighted by atomic mass is 10.2. The highest BCUT2D eigenvalue weighted by Gasteiger charge is 2.25. The zero-order valence-electron chi connectivity index (χ0n) is 12.2. The molecule has 1 aliphatic carbocycles. The second-order valence-corrected chi connectivity index (χ2v) is 6.63. The van der Waals surface area contributed by atoms with E-state index in [1.807, 2.05) is 6.07 Å². The summed E-state index contributed by atoms with van der Waals surface area (Å²) >= 11 is 3.46. The topological polar surface area (TPSA) is 78.5 Å². The molecular formula is C14H19BrN6. The van der Waals surface area contributed by atoms with Crippen LogP contribution < -0.4 is 10.6 Å². The maximum Gasteiger partial charge on any atom is 0.224 e. The van der Waals surface area contributed by atoms with Crippen molar-refractivity contribution >= 4 is 33.5 Å². The molecule has 21 heavy (non-hydrogen) atoms. The summed E-state index contributed by atoms with van der Waals surface area (Å²) in [7, 11) is 0. The van der Waals surface area contributed by atoms with Gasteiger partial charge in [-0.2, -0.15) is 10.1 Å². The van der Waals surface area contributed by atoms with Gasteiger partial charge in [0.25, 0.3) is 0 Å². The Hall–Kier alpha value is -1.63. The van der Waals surface area contributed by atoms with Gasteiger partial charge in [0.15, 0.2) is 11.6 Å². The molecular weight excluding hydrogens is 332 g/mol. The molecule has 2 heterocycles. The Kier molecular flexibility index (Phi) is 4.10. The first-order valence-corrected chi connectivity index (χ1v) is 8.00. The minimum atomic E-state index is 0.543. The number of aromatic amines is 1. The van der Waals surface area contributed by atoms with E-state index in [2.05, 4.69) is 60.6 Å². The molecule has 112 valence electrons. The van der Waals surface area contributed by atoms with E-state index >= 15 is 0 Å². The third-order valence-corrected chi connectivity index (χ3v) is 3.85. The van der Waals surface area contributed by atoms with Gasteiger partial charge in [0.05, 0.1) is 4.47 Å². The third kappa shape index (κ3) is 3.72. The molecule has 2 aromatic rings. The van der Waals surface area contributed by atoms with E-state index in [9.17, 15) is 0 Å². The van der Waals surface area contributed by atoms with Crippen LogP contribution >= 0.6 is 15.9 Å². The SMILES string of the molecule is CC(C)CNc1ncc(Br)c(Nc2cc(C3CC3)[nH]n2)n1. The highest BCUT2D eigenvalue weighted by atomic mass is 79.9. The summed E-state index contributed by atoms with van der Waals surface area (Å²) in [5.41, 5.74) is 1.20. The van der Waals surface area contributed by atoms with Crippen LogP contribution in [0.25, 0.3) is 0 Å². The molecule has 3 N–H and O–H groups in total. The molecule has 1 fully saturated rings. The number of nitrogens with zero attached hydrogens (tertiary/aromatic N) is 3. The molecule has 0 radical (unpaired) electrons. The van der Waals surface area contributed by atoms with Crippen molar-refractivity contribution in [1.29, 1.82) is 0 Å². The number of H-pyrrole nitrogens is 1. The van der Waals surface area contributed by atoms with Gasteiger partial charge in [-0.25, -0.2) is 4.98 Å². The molecule has 0 unspecified atom stereocenters. The summed E-state index contributed by atoms with van der Waals surface area (Å²) in [6.07, 6.45) is 4.25. The Morgan fingerprint density at radius 1 is 1.43 bits per heavy atom. The van der Waals surface area contributed by atoms with E-state index in [0.717, 1.165) is 16.8 Å². The average Bonchev–Trinajstić information content (AvgIpc) is 3.20. The fourth-order valence-electron chi connectivity index (χ4n) is 1.96. The Balaban J connectivity index is 1.71.